The van der Waals surface area contributed by atoms with Crippen molar-refractivity contribution in [2.24, 2.45) is 0 Å². The second-order valence-corrected chi connectivity index (χ2v) is 3.72. The van der Waals surface area contributed by atoms with Gasteiger partial charge in [0.1, 0.15) is 0 Å². The molecule has 0 aromatic rings. The van der Waals surface area contributed by atoms with Crippen LogP contribution in [0.2, 0.25) is 0 Å². The van der Waals surface area contributed by atoms with Crippen LogP contribution < -0.4 is 0 Å². The molecule has 0 heterocycles. The Morgan fingerprint density at radius 2 is 2.22 bits per heavy atom. The minimum absolute atomic E-state index is 0.629. The van der Waals surface area contributed by atoms with Gasteiger partial charge in [0.2, 0.25) is 0 Å². The molecule has 0 aliphatic rings. The predicted molar refractivity (Wildman–Crippen MR) is 39.6 cm³/mol. The number of hydrogen-bond donors (Lipinski definition) is 3. The van der Waals surface area contributed by atoms with Crippen molar-refractivity contribution in [1.29, 1.82) is 0 Å². The van der Waals surface area contributed by atoms with Gasteiger partial charge in [0.05, 0.1) is 0 Å². The highest BCUT2D eigenvalue weighted by Gasteiger charge is 2.25. The molecular weight excluding hydrogens is 160 g/mol. The van der Waals surface area contributed by atoms with Crippen LogP contribution in [-0.4, -0.2) is 21.9 Å². The van der Waals surface area contributed by atoms with Gasteiger partial charge in [-0.1, -0.05) is 0 Å². The minimum Gasteiger partial charge on any atom is -0.437 e. The Morgan fingerprint density at radius 1 is 1.78 bits per heavy atom. The molecule has 0 saturated heterocycles. The van der Waals surface area contributed by atoms with E-state index in [0.717, 1.165) is 0 Å². The van der Waals surface area contributed by atoms with Crippen LogP contribution in [-0.2, 0) is 9.53 Å². The third-order valence-corrected chi connectivity index (χ3v) is 0.947. The lowest BCUT2D eigenvalue weighted by atomic mass is 10.5. The van der Waals surface area contributed by atoms with E-state index in [0.29, 0.717) is 0 Å². The summed E-state index contributed by atoms with van der Waals surface area (Å²) in [7, 11) is 0. The first-order valence-electron chi connectivity index (χ1n) is 2.21. The number of aliphatic hydroxyl groups is 1. The highest BCUT2D eigenvalue weighted by Crippen LogP contribution is 2.19. The molecule has 0 radical (unpaired) electrons. The first-order valence-corrected chi connectivity index (χ1v) is 3.10. The molecule has 9 heavy (non-hydrogen) atoms. The summed E-state index contributed by atoms with van der Waals surface area (Å²) in [4.78, 5) is 10.5. The van der Waals surface area contributed by atoms with E-state index >= 15 is 0 Å². The smallest absolute Gasteiger partial charge is 0.333 e. The summed E-state index contributed by atoms with van der Waals surface area (Å²) in [5.41, 5.74) is 0. The summed E-state index contributed by atoms with van der Waals surface area (Å²) in [5.74, 6) is -0.656. The molecule has 5 heteroatoms. The van der Waals surface area contributed by atoms with Crippen molar-refractivity contribution in [3.05, 3.63) is 0 Å². The second kappa shape index (κ2) is 3.34. The topological polar surface area (TPSA) is 46.5 Å². The van der Waals surface area contributed by atoms with Crippen molar-refractivity contribution in [2.75, 3.05) is 6.79 Å². The molecule has 0 aliphatic carbocycles. The number of thiol groups is 2. The van der Waals surface area contributed by atoms with Crippen LogP contribution >= 0.6 is 25.3 Å². The fourth-order valence-electron chi connectivity index (χ4n) is 0.195. The summed E-state index contributed by atoms with van der Waals surface area (Å²) < 4.78 is 3.05. The van der Waals surface area contributed by atoms with Gasteiger partial charge >= 0.3 is 5.97 Å². The molecule has 0 atom stereocenters. The molecule has 0 aromatic carbocycles. The van der Waals surface area contributed by atoms with Crippen molar-refractivity contribution in [2.45, 2.75) is 11.0 Å². The van der Waals surface area contributed by atoms with Crippen LogP contribution in [0.25, 0.3) is 0 Å². The summed E-state index contributed by atoms with van der Waals surface area (Å²) in [5, 5.41) is 8.09. The first kappa shape index (κ1) is 9.13. The second-order valence-electron chi connectivity index (χ2n) is 1.58. The molecule has 0 bridgehead atoms. The summed E-state index contributed by atoms with van der Waals surface area (Å²) in [6.45, 7) is 0.826. The highest BCUT2D eigenvalue weighted by atomic mass is 32.2. The van der Waals surface area contributed by atoms with E-state index in [4.69, 9.17) is 5.11 Å². The number of carbonyl (C=O) groups is 1. The zero-order valence-corrected chi connectivity index (χ0v) is 6.65. The molecule has 0 fully saturated rings. The highest BCUT2D eigenvalue weighted by molar-refractivity contribution is 8.01. The Balaban J connectivity index is 3.74. The first-order chi connectivity index (χ1) is 3.98. The van der Waals surface area contributed by atoms with Crippen LogP contribution in [0, 0.1) is 0 Å². The van der Waals surface area contributed by atoms with Crippen molar-refractivity contribution in [3.63, 3.8) is 0 Å². The molecule has 0 aliphatic heterocycles. The maximum atomic E-state index is 10.5. The largest absolute Gasteiger partial charge is 0.437 e. The molecule has 0 rings (SSSR count). The van der Waals surface area contributed by atoms with Gasteiger partial charge < -0.3 is 9.84 Å². The summed E-state index contributed by atoms with van der Waals surface area (Å²) in [6, 6.07) is 0. The lowest BCUT2D eigenvalue weighted by Gasteiger charge is -2.12. The molecule has 0 saturated carbocycles. The predicted octanol–water partition coefficient (Wildman–Crippen LogP) is 0.0552. The van der Waals surface area contributed by atoms with Gasteiger partial charge in [-0.2, -0.15) is 25.3 Å². The van der Waals surface area contributed by atoms with E-state index in [2.05, 4.69) is 30.0 Å². The van der Waals surface area contributed by atoms with Gasteiger partial charge in [-0.25, -0.2) is 4.79 Å². The molecule has 0 amide bonds. The number of esters is 1. The SMILES string of the molecule is CC(S)(S)C(=O)OCO. The van der Waals surface area contributed by atoms with Crippen molar-refractivity contribution in [1.82, 2.24) is 0 Å². The Hall–Kier alpha value is 0.130. The fraction of sp³-hybridized carbons (Fsp3) is 0.750. The van der Waals surface area contributed by atoms with Crippen molar-refractivity contribution in [3.8, 4) is 0 Å². The van der Waals surface area contributed by atoms with Crippen LogP contribution in [0.3, 0.4) is 0 Å². The van der Waals surface area contributed by atoms with Crippen molar-refractivity contribution < 1.29 is 14.6 Å². The minimum atomic E-state index is -1.12. The maximum absolute atomic E-state index is 10.5. The average molecular weight is 168 g/mol. The monoisotopic (exact) mass is 168 g/mol. The average Bonchev–Trinajstić information content (AvgIpc) is 1.64. The van der Waals surface area contributed by atoms with Crippen molar-refractivity contribution >= 4 is 31.2 Å². The maximum Gasteiger partial charge on any atom is 0.333 e. The zero-order valence-electron chi connectivity index (χ0n) is 4.87. The third-order valence-electron chi connectivity index (χ3n) is 0.582. The Kier molecular flexibility index (Phi) is 3.38. The van der Waals surface area contributed by atoms with Crippen LogP contribution in [0.5, 0.6) is 0 Å². The van der Waals surface area contributed by atoms with Gasteiger partial charge in [0.25, 0.3) is 0 Å². The van der Waals surface area contributed by atoms with Gasteiger partial charge in [-0.3, -0.25) is 0 Å². The molecule has 0 aromatic heterocycles. The third kappa shape index (κ3) is 3.66. The van der Waals surface area contributed by atoms with E-state index < -0.39 is 16.8 Å². The quantitative estimate of drug-likeness (QED) is 0.310. The Morgan fingerprint density at radius 3 is 2.33 bits per heavy atom. The van der Waals surface area contributed by atoms with Crippen LogP contribution in [0.4, 0.5) is 0 Å². The number of hydrogen-bond acceptors (Lipinski definition) is 5. The molecule has 54 valence electrons. The number of aliphatic hydroxyl groups excluding tert-OH is 1. The molecule has 1 N–H and O–H groups in total. The lowest BCUT2D eigenvalue weighted by Crippen LogP contribution is -2.24. The molecule has 0 spiro atoms. The fourth-order valence-corrected chi connectivity index (χ4v) is 0.324. The van der Waals surface area contributed by atoms with E-state index in [1.807, 2.05) is 0 Å². The zero-order chi connectivity index (χ0) is 7.49. The van der Waals surface area contributed by atoms with E-state index in [9.17, 15) is 4.79 Å². The van der Waals surface area contributed by atoms with Crippen LogP contribution in [0.1, 0.15) is 6.92 Å². The summed E-state index contributed by atoms with van der Waals surface area (Å²) in [6.07, 6.45) is 0. The van der Waals surface area contributed by atoms with E-state index in [-0.39, 0.29) is 0 Å². The summed E-state index contributed by atoms with van der Waals surface area (Å²) >= 11 is 7.52. The Bertz CT molecular complexity index is 107. The number of carbonyl (C=O) groups excluding carboxylic acids is 1. The molecular formula is C4H8O3S2. The lowest BCUT2D eigenvalue weighted by molar-refractivity contribution is -0.151. The van der Waals surface area contributed by atoms with Gasteiger partial charge in [0.15, 0.2) is 10.9 Å². The standard InChI is InChI=1S/C4H8O3S2/c1-4(8,9)3(6)7-2-5/h5,8-9H,2H2,1H3. The molecule has 0 unspecified atom stereocenters. The Labute approximate surface area is 64.2 Å². The van der Waals surface area contributed by atoms with Gasteiger partial charge in [0, 0.05) is 0 Å². The normalized spacial score (nSPS) is 11.1. The number of rotatable bonds is 2. The van der Waals surface area contributed by atoms with E-state index in [1.54, 1.807) is 0 Å². The molecule has 3 nitrogen and oxygen atoms in total. The number of ether oxygens (including phenoxy) is 1. The van der Waals surface area contributed by atoms with Gasteiger partial charge in [-0.15, -0.1) is 0 Å². The van der Waals surface area contributed by atoms with Crippen LogP contribution in [0.15, 0.2) is 0 Å². The van der Waals surface area contributed by atoms with Gasteiger partial charge in [-0.05, 0) is 6.92 Å². The van der Waals surface area contributed by atoms with E-state index in [1.165, 1.54) is 6.92 Å².